The maximum Gasteiger partial charge on any atom is 0.271 e. The fourth-order valence-electron chi connectivity index (χ4n) is 5.94. The zero-order chi connectivity index (χ0) is 35.0. The number of halogens is 2. The van der Waals surface area contributed by atoms with Crippen LogP contribution in [0, 0.1) is 10.1 Å². The van der Waals surface area contributed by atoms with Gasteiger partial charge in [-0.25, -0.2) is 8.42 Å². The van der Waals surface area contributed by atoms with Crippen LogP contribution in [0.5, 0.6) is 0 Å². The monoisotopic (exact) mass is 722 g/mol. The number of sulfonamides is 1. The molecule has 4 aromatic carbocycles. The van der Waals surface area contributed by atoms with Crippen LogP contribution in [0.1, 0.15) is 43.2 Å². The molecular weight excluding hydrogens is 687 g/mol. The van der Waals surface area contributed by atoms with Crippen molar-refractivity contribution in [2.75, 3.05) is 10.8 Å². The molecule has 0 saturated heterocycles. The summed E-state index contributed by atoms with van der Waals surface area (Å²) >= 11 is 12.8. The number of anilines is 1. The van der Waals surface area contributed by atoms with Crippen LogP contribution in [0.2, 0.25) is 10.0 Å². The van der Waals surface area contributed by atoms with E-state index in [0.29, 0.717) is 10.6 Å². The van der Waals surface area contributed by atoms with Crippen molar-refractivity contribution in [1.82, 2.24) is 10.2 Å². The van der Waals surface area contributed by atoms with Gasteiger partial charge in [-0.2, -0.15) is 0 Å². The zero-order valence-corrected chi connectivity index (χ0v) is 28.9. The van der Waals surface area contributed by atoms with Gasteiger partial charge in [-0.1, -0.05) is 103 Å². The third-order valence-electron chi connectivity index (χ3n) is 8.52. The second-order valence-electron chi connectivity index (χ2n) is 11.9. The van der Waals surface area contributed by atoms with Crippen molar-refractivity contribution in [2.45, 2.75) is 62.0 Å². The molecular formula is C36H36Cl2N4O6S. The molecule has 0 unspecified atom stereocenters. The Kier molecular flexibility index (Phi) is 11.9. The largest absolute Gasteiger partial charge is 0.352 e. The number of rotatable bonds is 13. The molecule has 5 rings (SSSR count). The van der Waals surface area contributed by atoms with Crippen LogP contribution in [-0.2, 0) is 32.6 Å². The predicted molar refractivity (Wildman–Crippen MR) is 190 cm³/mol. The molecule has 0 aromatic heterocycles. The van der Waals surface area contributed by atoms with Crippen LogP contribution >= 0.6 is 23.2 Å². The molecule has 2 amide bonds. The lowest BCUT2D eigenvalue weighted by atomic mass is 9.94. The number of nitrogens with one attached hydrogen (secondary N) is 1. The van der Waals surface area contributed by atoms with E-state index in [0.717, 1.165) is 48.0 Å². The van der Waals surface area contributed by atoms with Crippen molar-refractivity contribution in [3.63, 3.8) is 0 Å². The Morgan fingerprint density at radius 1 is 0.878 bits per heavy atom. The number of nitrogens with zero attached hydrogens (tertiary/aromatic N) is 3. The number of hydrogen-bond donors (Lipinski definition) is 1. The van der Waals surface area contributed by atoms with Crippen molar-refractivity contribution in [3.8, 4) is 0 Å². The average Bonchev–Trinajstić information content (AvgIpc) is 3.10. The second-order valence-corrected chi connectivity index (χ2v) is 14.6. The SMILES string of the molecule is O=C(NC1CCCCC1)[C@@H](Cc1ccccc1)N(Cc1ccc(Cl)cc1Cl)C(=O)CN(c1cccc([N+](=O)[O-])c1)S(=O)(=O)c1ccccc1. The molecule has 1 atom stereocenters. The minimum absolute atomic E-state index is 0.0598. The number of hydrogen-bond acceptors (Lipinski definition) is 6. The second kappa shape index (κ2) is 16.3. The quantitative estimate of drug-likeness (QED) is 0.115. The minimum Gasteiger partial charge on any atom is -0.352 e. The van der Waals surface area contributed by atoms with Crippen LogP contribution in [0.4, 0.5) is 11.4 Å². The molecule has 49 heavy (non-hydrogen) atoms. The first kappa shape index (κ1) is 35.8. The lowest BCUT2D eigenvalue weighted by Gasteiger charge is -2.35. The van der Waals surface area contributed by atoms with Crippen LogP contribution in [0.3, 0.4) is 0 Å². The number of amides is 2. The number of carbonyl (C=O) groups is 2. The Balaban J connectivity index is 1.60. The van der Waals surface area contributed by atoms with Crippen molar-refractivity contribution < 1.29 is 22.9 Å². The van der Waals surface area contributed by atoms with E-state index in [1.165, 1.54) is 41.3 Å². The predicted octanol–water partition coefficient (Wildman–Crippen LogP) is 7.19. The number of benzene rings is 4. The Bertz CT molecular complexity index is 1890. The van der Waals surface area contributed by atoms with Gasteiger partial charge >= 0.3 is 0 Å². The Hall–Kier alpha value is -4.45. The number of carbonyl (C=O) groups excluding carboxylic acids is 2. The van der Waals surface area contributed by atoms with E-state index < -0.39 is 33.4 Å². The summed E-state index contributed by atoms with van der Waals surface area (Å²) < 4.78 is 29.1. The van der Waals surface area contributed by atoms with E-state index in [1.54, 1.807) is 30.3 Å². The van der Waals surface area contributed by atoms with E-state index in [1.807, 2.05) is 30.3 Å². The highest BCUT2D eigenvalue weighted by atomic mass is 35.5. The number of non-ortho nitro benzene ring substituents is 1. The highest BCUT2D eigenvalue weighted by Gasteiger charge is 2.36. The van der Waals surface area contributed by atoms with Crippen LogP contribution in [-0.4, -0.2) is 48.7 Å². The van der Waals surface area contributed by atoms with E-state index in [4.69, 9.17) is 23.2 Å². The van der Waals surface area contributed by atoms with Gasteiger partial charge in [-0.05, 0) is 54.3 Å². The molecule has 1 saturated carbocycles. The molecule has 10 nitrogen and oxygen atoms in total. The summed E-state index contributed by atoms with van der Waals surface area (Å²) in [5.41, 5.74) is 0.855. The van der Waals surface area contributed by atoms with Crippen LogP contribution < -0.4 is 9.62 Å². The normalized spacial score (nSPS) is 14.1. The van der Waals surface area contributed by atoms with Gasteiger partial charge in [0.15, 0.2) is 0 Å². The van der Waals surface area contributed by atoms with Crippen molar-refractivity contribution in [2.24, 2.45) is 0 Å². The Morgan fingerprint density at radius 2 is 1.55 bits per heavy atom. The first-order valence-corrected chi connectivity index (χ1v) is 18.1. The molecule has 1 aliphatic rings. The van der Waals surface area contributed by atoms with Gasteiger partial charge in [0, 0.05) is 41.2 Å². The van der Waals surface area contributed by atoms with Gasteiger partial charge < -0.3 is 10.2 Å². The third-order valence-corrected chi connectivity index (χ3v) is 10.9. The number of nitro groups is 1. The zero-order valence-electron chi connectivity index (χ0n) is 26.6. The van der Waals surface area contributed by atoms with Crippen molar-refractivity contribution in [1.29, 1.82) is 0 Å². The standard InChI is InChI=1S/C36H36Cl2N4O6S/c37-28-20-19-27(33(38)22-28)24-40(34(21-26-11-4-1-5-12-26)36(44)39-29-13-6-2-7-14-29)35(43)25-41(30-15-10-16-31(23-30)42(45)46)49(47,48)32-17-8-3-9-18-32/h1,3-5,8-12,15-20,22-23,29,34H,2,6-7,13-14,21,24-25H2,(H,39,44)/t34-/m1/s1. The molecule has 4 aromatic rings. The highest BCUT2D eigenvalue weighted by molar-refractivity contribution is 7.92. The molecule has 0 heterocycles. The molecule has 0 radical (unpaired) electrons. The van der Waals surface area contributed by atoms with Crippen molar-refractivity contribution >= 4 is 56.4 Å². The molecule has 0 aliphatic heterocycles. The first-order valence-electron chi connectivity index (χ1n) is 15.9. The Morgan fingerprint density at radius 3 is 2.20 bits per heavy atom. The summed E-state index contributed by atoms with van der Waals surface area (Å²) in [7, 11) is -4.42. The van der Waals surface area contributed by atoms with E-state index in [-0.39, 0.29) is 46.2 Å². The molecule has 1 N–H and O–H groups in total. The summed E-state index contributed by atoms with van der Waals surface area (Å²) in [4.78, 5) is 41.2. The summed E-state index contributed by atoms with van der Waals surface area (Å²) in [5.74, 6) is -1.08. The van der Waals surface area contributed by atoms with Gasteiger partial charge in [-0.3, -0.25) is 24.0 Å². The third kappa shape index (κ3) is 9.17. The summed E-state index contributed by atoms with van der Waals surface area (Å²) in [6.45, 7) is -0.899. The first-order chi connectivity index (χ1) is 23.5. The van der Waals surface area contributed by atoms with Crippen LogP contribution in [0.25, 0.3) is 0 Å². The number of nitro benzene ring substituents is 1. The van der Waals surface area contributed by atoms with Gasteiger partial charge in [0.2, 0.25) is 11.8 Å². The molecule has 1 aliphatic carbocycles. The minimum atomic E-state index is -4.42. The van der Waals surface area contributed by atoms with E-state index in [9.17, 15) is 28.1 Å². The van der Waals surface area contributed by atoms with E-state index in [2.05, 4.69) is 5.32 Å². The topological polar surface area (TPSA) is 130 Å². The van der Waals surface area contributed by atoms with Crippen molar-refractivity contribution in [3.05, 3.63) is 134 Å². The van der Waals surface area contributed by atoms with Gasteiger partial charge in [0.1, 0.15) is 12.6 Å². The molecule has 13 heteroatoms. The van der Waals surface area contributed by atoms with Gasteiger partial charge in [0.25, 0.3) is 15.7 Å². The van der Waals surface area contributed by atoms with Gasteiger partial charge in [-0.15, -0.1) is 0 Å². The molecule has 0 spiro atoms. The Labute approximate surface area is 295 Å². The highest BCUT2D eigenvalue weighted by Crippen LogP contribution is 2.29. The summed E-state index contributed by atoms with van der Waals surface area (Å²) in [6.07, 6.45) is 4.81. The fourth-order valence-corrected chi connectivity index (χ4v) is 7.84. The molecule has 256 valence electrons. The smallest absolute Gasteiger partial charge is 0.271 e. The average molecular weight is 724 g/mol. The lowest BCUT2D eigenvalue weighted by Crippen LogP contribution is -2.55. The lowest BCUT2D eigenvalue weighted by molar-refractivity contribution is -0.384. The maximum atomic E-state index is 14.7. The van der Waals surface area contributed by atoms with Gasteiger partial charge in [0.05, 0.1) is 15.5 Å². The molecule has 0 bridgehead atoms. The fraction of sp³-hybridized carbons (Fsp3) is 0.278. The summed E-state index contributed by atoms with van der Waals surface area (Å²) in [6, 6.07) is 25.5. The summed E-state index contributed by atoms with van der Waals surface area (Å²) in [5, 5.41) is 15.5. The van der Waals surface area contributed by atoms with Crippen LogP contribution in [0.15, 0.2) is 108 Å². The molecule has 1 fully saturated rings. The van der Waals surface area contributed by atoms with E-state index >= 15 is 0 Å². The maximum absolute atomic E-state index is 14.7.